The molecule has 1 amide bonds. The number of aromatic nitrogens is 3. The number of carbonyl (C=O) groups is 2. The van der Waals surface area contributed by atoms with E-state index in [1.54, 1.807) is 35.6 Å². The van der Waals surface area contributed by atoms with Crippen molar-refractivity contribution < 1.29 is 9.59 Å². The Kier molecular flexibility index (Phi) is 6.53. The van der Waals surface area contributed by atoms with Crippen LogP contribution in [0.5, 0.6) is 0 Å². The summed E-state index contributed by atoms with van der Waals surface area (Å²) in [5, 5.41) is 14.3. The highest BCUT2D eigenvalue weighted by molar-refractivity contribution is 7.99. The molecule has 2 heterocycles. The summed E-state index contributed by atoms with van der Waals surface area (Å²) in [5.74, 6) is 0.743. The van der Waals surface area contributed by atoms with Crippen molar-refractivity contribution in [3.63, 3.8) is 0 Å². The normalized spacial score (nSPS) is 10.8. The van der Waals surface area contributed by atoms with Gasteiger partial charge < -0.3 is 9.88 Å². The van der Waals surface area contributed by atoms with E-state index in [0.29, 0.717) is 16.4 Å². The van der Waals surface area contributed by atoms with Crippen LogP contribution in [0.1, 0.15) is 22.2 Å². The summed E-state index contributed by atoms with van der Waals surface area (Å²) < 4.78 is 1.92. The molecule has 0 atom stereocenters. The predicted molar refractivity (Wildman–Crippen MR) is 130 cm³/mol. The highest BCUT2D eigenvalue weighted by Crippen LogP contribution is 2.38. The number of hydrogen-bond donors (Lipinski definition) is 1. The van der Waals surface area contributed by atoms with Crippen molar-refractivity contribution in [3.05, 3.63) is 70.4 Å². The molecule has 4 aromatic rings. The fourth-order valence-corrected chi connectivity index (χ4v) is 4.98. The molecule has 0 saturated carbocycles. The van der Waals surface area contributed by atoms with Crippen LogP contribution in [0.25, 0.3) is 22.5 Å². The quantitative estimate of drug-likeness (QED) is 0.292. The number of carbonyl (C=O) groups excluding carboxylic acids is 2. The molecule has 0 unspecified atom stereocenters. The van der Waals surface area contributed by atoms with Gasteiger partial charge in [-0.25, -0.2) is 0 Å². The number of nitrogens with zero attached hydrogens (tertiary/aromatic N) is 3. The average Bonchev–Trinajstić information content (AvgIpc) is 3.35. The van der Waals surface area contributed by atoms with Gasteiger partial charge in [0.1, 0.15) is 0 Å². The van der Waals surface area contributed by atoms with E-state index in [4.69, 9.17) is 0 Å². The van der Waals surface area contributed by atoms with E-state index in [-0.39, 0.29) is 17.4 Å². The van der Waals surface area contributed by atoms with E-state index >= 15 is 0 Å². The van der Waals surface area contributed by atoms with Crippen molar-refractivity contribution in [1.82, 2.24) is 14.8 Å². The molecule has 4 rings (SSSR count). The van der Waals surface area contributed by atoms with Crippen LogP contribution < -0.4 is 5.32 Å². The molecule has 8 heteroatoms. The van der Waals surface area contributed by atoms with Gasteiger partial charge in [0.15, 0.2) is 16.8 Å². The molecular weight excluding hydrogens is 440 g/mol. The number of rotatable bonds is 7. The van der Waals surface area contributed by atoms with Gasteiger partial charge in [0, 0.05) is 39.7 Å². The predicted octanol–water partition coefficient (Wildman–Crippen LogP) is 5.45. The Balaban J connectivity index is 1.48. The van der Waals surface area contributed by atoms with Gasteiger partial charge in [-0.1, -0.05) is 54.2 Å². The van der Waals surface area contributed by atoms with Crippen molar-refractivity contribution >= 4 is 40.5 Å². The minimum Gasteiger partial charge on any atom is -0.325 e. The van der Waals surface area contributed by atoms with E-state index in [9.17, 15) is 9.59 Å². The smallest absolute Gasteiger partial charge is 0.234 e. The number of anilines is 1. The number of nitrogens with one attached hydrogen (secondary N) is 1. The maximum atomic E-state index is 12.4. The van der Waals surface area contributed by atoms with Crippen LogP contribution >= 0.6 is 23.1 Å². The zero-order valence-corrected chi connectivity index (χ0v) is 19.6. The molecule has 162 valence electrons. The molecule has 2 aromatic heterocycles. The van der Waals surface area contributed by atoms with Crippen LogP contribution in [-0.4, -0.2) is 32.2 Å². The Bertz CT molecular complexity index is 1280. The topological polar surface area (TPSA) is 76.9 Å². The second-order valence-corrected chi connectivity index (χ2v) is 9.31. The van der Waals surface area contributed by atoms with Gasteiger partial charge in [-0.3, -0.25) is 9.59 Å². The molecule has 0 aliphatic rings. The zero-order chi connectivity index (χ0) is 22.7. The zero-order valence-electron chi connectivity index (χ0n) is 18.0. The van der Waals surface area contributed by atoms with Crippen molar-refractivity contribution in [1.29, 1.82) is 0 Å². The molecule has 32 heavy (non-hydrogen) atoms. The second kappa shape index (κ2) is 9.50. The maximum absolute atomic E-state index is 12.4. The summed E-state index contributed by atoms with van der Waals surface area (Å²) in [6.07, 6.45) is 0. The first-order chi connectivity index (χ1) is 15.4. The molecule has 0 radical (unpaired) electrons. The van der Waals surface area contributed by atoms with Crippen LogP contribution in [0, 0.1) is 6.92 Å². The first-order valence-corrected chi connectivity index (χ1v) is 11.9. The number of amides is 1. The van der Waals surface area contributed by atoms with Gasteiger partial charge in [-0.2, -0.15) is 0 Å². The van der Waals surface area contributed by atoms with Crippen molar-refractivity contribution in [2.24, 2.45) is 7.05 Å². The summed E-state index contributed by atoms with van der Waals surface area (Å²) in [4.78, 5) is 25.2. The molecule has 0 aliphatic heterocycles. The van der Waals surface area contributed by atoms with Crippen LogP contribution in [0.4, 0.5) is 5.69 Å². The summed E-state index contributed by atoms with van der Waals surface area (Å²) >= 11 is 3.01. The molecule has 6 nitrogen and oxygen atoms in total. The Morgan fingerprint density at radius 3 is 2.62 bits per heavy atom. The lowest BCUT2D eigenvalue weighted by Gasteiger charge is -2.08. The molecule has 0 saturated heterocycles. The molecule has 0 bridgehead atoms. The van der Waals surface area contributed by atoms with Gasteiger partial charge >= 0.3 is 0 Å². The third kappa shape index (κ3) is 4.66. The van der Waals surface area contributed by atoms with E-state index < -0.39 is 0 Å². The molecular formula is C24H22N4O2S2. The minimum absolute atomic E-state index is 0.0411. The van der Waals surface area contributed by atoms with Gasteiger partial charge in [-0.15, -0.1) is 21.5 Å². The number of thiophene rings is 1. The SMILES string of the molecule is CC(=O)c1cccc(NC(=O)CSc2nnc(-c3csc(C)c3-c3ccccc3)n2C)c1. The molecule has 0 fully saturated rings. The number of aryl methyl sites for hydroxylation is 1. The number of hydrogen-bond acceptors (Lipinski definition) is 6. The third-order valence-electron chi connectivity index (χ3n) is 5.00. The monoisotopic (exact) mass is 462 g/mol. The van der Waals surface area contributed by atoms with E-state index in [0.717, 1.165) is 22.5 Å². The lowest BCUT2D eigenvalue weighted by molar-refractivity contribution is -0.113. The lowest BCUT2D eigenvalue weighted by atomic mass is 10.0. The first kappa shape index (κ1) is 22.0. The van der Waals surface area contributed by atoms with Crippen LogP contribution in [0.3, 0.4) is 0 Å². The summed E-state index contributed by atoms with van der Waals surface area (Å²) in [7, 11) is 1.91. The van der Waals surface area contributed by atoms with Crippen LogP contribution in [-0.2, 0) is 11.8 Å². The Hall–Kier alpha value is -3.23. The van der Waals surface area contributed by atoms with E-state index in [1.807, 2.05) is 29.8 Å². The third-order valence-corrected chi connectivity index (χ3v) is 6.93. The van der Waals surface area contributed by atoms with Gasteiger partial charge in [-0.05, 0) is 31.5 Å². The van der Waals surface area contributed by atoms with Gasteiger partial charge in [0.25, 0.3) is 0 Å². The summed E-state index contributed by atoms with van der Waals surface area (Å²) in [5.41, 5.74) is 4.50. The first-order valence-electron chi connectivity index (χ1n) is 10.0. The van der Waals surface area contributed by atoms with Gasteiger partial charge in [0.05, 0.1) is 5.75 Å². The van der Waals surface area contributed by atoms with Crippen LogP contribution in [0.2, 0.25) is 0 Å². The van der Waals surface area contributed by atoms with E-state index in [1.165, 1.54) is 23.6 Å². The van der Waals surface area contributed by atoms with E-state index in [2.05, 4.69) is 40.0 Å². The standard InChI is InChI=1S/C24H22N4O2S2/c1-15(29)18-10-7-11-19(12-18)25-21(30)14-32-24-27-26-23(28(24)3)20-13-31-16(2)22(20)17-8-5-4-6-9-17/h4-13H,14H2,1-3H3,(H,25,30). The fourth-order valence-electron chi connectivity index (χ4n) is 3.40. The highest BCUT2D eigenvalue weighted by Gasteiger charge is 2.19. The number of Topliss-reactive ketones (excluding diaryl/α,β-unsaturated/α-hetero) is 1. The van der Waals surface area contributed by atoms with Crippen LogP contribution in [0.15, 0.2) is 65.1 Å². The molecule has 0 aliphatic carbocycles. The van der Waals surface area contributed by atoms with Gasteiger partial charge in [0.2, 0.25) is 5.91 Å². The molecule has 0 spiro atoms. The Labute approximate surface area is 194 Å². The number of benzene rings is 2. The Morgan fingerprint density at radius 1 is 1.09 bits per heavy atom. The van der Waals surface area contributed by atoms with Crippen molar-refractivity contribution in [2.75, 3.05) is 11.1 Å². The molecule has 2 aromatic carbocycles. The molecule has 1 N–H and O–H groups in total. The van der Waals surface area contributed by atoms with Crippen molar-refractivity contribution in [3.8, 4) is 22.5 Å². The minimum atomic E-state index is -0.170. The fraction of sp³-hybridized carbons (Fsp3) is 0.167. The lowest BCUT2D eigenvalue weighted by Crippen LogP contribution is -2.14. The summed E-state index contributed by atoms with van der Waals surface area (Å²) in [6, 6.07) is 17.2. The average molecular weight is 463 g/mol. The second-order valence-electron chi connectivity index (χ2n) is 7.29. The number of thioether (sulfide) groups is 1. The highest BCUT2D eigenvalue weighted by atomic mass is 32.2. The maximum Gasteiger partial charge on any atom is 0.234 e. The summed E-state index contributed by atoms with van der Waals surface area (Å²) in [6.45, 7) is 3.61. The largest absolute Gasteiger partial charge is 0.325 e. The number of ketones is 1. The van der Waals surface area contributed by atoms with Crippen molar-refractivity contribution in [2.45, 2.75) is 19.0 Å². The Morgan fingerprint density at radius 2 is 1.88 bits per heavy atom.